The van der Waals surface area contributed by atoms with Crippen molar-refractivity contribution in [1.29, 1.82) is 0 Å². The number of benzene rings is 4. The van der Waals surface area contributed by atoms with Gasteiger partial charge in [-0.2, -0.15) is 0 Å². The van der Waals surface area contributed by atoms with E-state index in [1.165, 1.54) is 0 Å². The van der Waals surface area contributed by atoms with Crippen LogP contribution in [0.1, 0.15) is 51.4 Å². The molecule has 0 bridgehead atoms. The fourth-order valence-corrected chi connectivity index (χ4v) is 5.63. The van der Waals surface area contributed by atoms with E-state index in [2.05, 4.69) is 18.2 Å². The first-order valence-corrected chi connectivity index (χ1v) is 13.9. The summed E-state index contributed by atoms with van der Waals surface area (Å²) < 4.78 is 12.9. The van der Waals surface area contributed by atoms with Gasteiger partial charge in [0.25, 0.3) is 0 Å². The van der Waals surface area contributed by atoms with E-state index in [4.69, 9.17) is 20.3 Å². The molecule has 4 N–H and O–H groups in total. The Morgan fingerprint density at radius 2 is 1.56 bits per heavy atom. The lowest BCUT2D eigenvalue weighted by Crippen LogP contribution is -2.31. The standard InChI is InChI=1S/C32H31NO5S/c33-18-26-3-1-2-4-29(26)22-9-11-25(12-10-22)32-37-27(20-39-28-15-13-24(14-16-28)31(35)36)17-30(38-32)23-7-5-21(19-34)6-8-23/h1-16,27,30,32,34H,17-20,33H2,(H,35,36)/t27-,30+,32+/m1/s1. The maximum Gasteiger partial charge on any atom is 0.335 e. The summed E-state index contributed by atoms with van der Waals surface area (Å²) in [5, 5.41) is 18.6. The number of hydrogen-bond donors (Lipinski definition) is 3. The van der Waals surface area contributed by atoms with Crippen molar-refractivity contribution in [1.82, 2.24) is 0 Å². The SMILES string of the molecule is NCc1ccccc1-c1ccc([C@H]2O[C@@H](CSc3ccc(C(=O)O)cc3)C[C@@H](c3ccc(CO)cc3)O2)cc1. The van der Waals surface area contributed by atoms with E-state index < -0.39 is 12.3 Å². The largest absolute Gasteiger partial charge is 0.478 e. The molecule has 0 saturated carbocycles. The summed E-state index contributed by atoms with van der Waals surface area (Å²) >= 11 is 1.63. The minimum Gasteiger partial charge on any atom is -0.478 e. The number of carboxylic acid groups (broad SMARTS) is 1. The third-order valence-electron chi connectivity index (χ3n) is 6.88. The summed E-state index contributed by atoms with van der Waals surface area (Å²) in [6.45, 7) is 0.471. The van der Waals surface area contributed by atoms with Gasteiger partial charge in [0, 0.05) is 29.2 Å². The number of thioether (sulfide) groups is 1. The average Bonchev–Trinajstić information content (AvgIpc) is 3.00. The first-order valence-electron chi connectivity index (χ1n) is 12.9. The van der Waals surface area contributed by atoms with Gasteiger partial charge in [-0.25, -0.2) is 4.79 Å². The summed E-state index contributed by atoms with van der Waals surface area (Å²) in [7, 11) is 0. The molecule has 0 aromatic heterocycles. The molecule has 1 heterocycles. The van der Waals surface area contributed by atoms with Gasteiger partial charge >= 0.3 is 5.97 Å². The second kappa shape index (κ2) is 12.6. The number of aliphatic hydroxyl groups excluding tert-OH is 1. The minimum absolute atomic E-state index is 0.00287. The lowest BCUT2D eigenvalue weighted by atomic mass is 9.98. The molecule has 0 aliphatic carbocycles. The number of nitrogens with two attached hydrogens (primary N) is 1. The van der Waals surface area contributed by atoms with Gasteiger partial charge in [-0.1, -0.05) is 72.8 Å². The minimum atomic E-state index is -0.935. The number of hydrogen-bond acceptors (Lipinski definition) is 6. The van der Waals surface area contributed by atoms with Crippen LogP contribution in [0, 0.1) is 0 Å². The molecule has 0 radical (unpaired) electrons. The van der Waals surface area contributed by atoms with E-state index in [0.717, 1.165) is 38.3 Å². The number of carbonyl (C=O) groups is 1. The van der Waals surface area contributed by atoms with Gasteiger partial charge in [-0.05, 0) is 52.1 Å². The van der Waals surface area contributed by atoms with E-state index in [9.17, 15) is 9.90 Å². The summed E-state index contributed by atoms with van der Waals surface area (Å²) in [5.74, 6) is -0.242. The molecule has 0 spiro atoms. The topological polar surface area (TPSA) is 102 Å². The van der Waals surface area contributed by atoms with Crippen molar-refractivity contribution >= 4 is 17.7 Å². The summed E-state index contributed by atoms with van der Waals surface area (Å²) in [6.07, 6.45) is -0.126. The van der Waals surface area contributed by atoms with E-state index in [1.807, 2.05) is 66.7 Å². The first kappa shape index (κ1) is 27.1. The van der Waals surface area contributed by atoms with Gasteiger partial charge in [0.2, 0.25) is 0 Å². The van der Waals surface area contributed by atoms with Gasteiger partial charge in [-0.3, -0.25) is 0 Å². The molecule has 1 fully saturated rings. The molecule has 39 heavy (non-hydrogen) atoms. The lowest BCUT2D eigenvalue weighted by molar-refractivity contribution is -0.245. The number of aromatic carboxylic acids is 1. The average molecular weight is 542 g/mol. The van der Waals surface area contributed by atoms with Crippen LogP contribution in [0.15, 0.2) is 102 Å². The van der Waals surface area contributed by atoms with Crippen molar-refractivity contribution in [2.45, 2.75) is 43.0 Å². The lowest BCUT2D eigenvalue weighted by Gasteiger charge is -2.36. The Kier molecular flexibility index (Phi) is 8.76. The van der Waals surface area contributed by atoms with Gasteiger partial charge < -0.3 is 25.4 Å². The quantitative estimate of drug-likeness (QED) is 0.213. The Labute approximate surface area is 232 Å². The molecule has 4 aromatic rings. The predicted octanol–water partition coefficient (Wildman–Crippen LogP) is 6.34. The van der Waals surface area contributed by atoms with E-state index in [-0.39, 0.29) is 24.4 Å². The maximum atomic E-state index is 11.2. The fourth-order valence-electron chi connectivity index (χ4n) is 4.71. The van der Waals surface area contributed by atoms with Crippen LogP contribution in [0.3, 0.4) is 0 Å². The summed E-state index contributed by atoms with van der Waals surface area (Å²) in [6, 6.07) is 31.1. The van der Waals surface area contributed by atoms with Gasteiger partial charge in [-0.15, -0.1) is 11.8 Å². The van der Waals surface area contributed by atoms with Crippen LogP contribution < -0.4 is 5.73 Å². The van der Waals surface area contributed by atoms with Crippen molar-refractivity contribution in [2.75, 3.05) is 5.75 Å². The molecule has 200 valence electrons. The second-order valence-corrected chi connectivity index (χ2v) is 10.6. The van der Waals surface area contributed by atoms with Crippen LogP contribution in [0.2, 0.25) is 0 Å². The molecular weight excluding hydrogens is 510 g/mol. The molecule has 1 aliphatic heterocycles. The maximum absolute atomic E-state index is 11.2. The van der Waals surface area contributed by atoms with Crippen molar-refractivity contribution in [2.24, 2.45) is 5.73 Å². The highest BCUT2D eigenvalue weighted by atomic mass is 32.2. The van der Waals surface area contributed by atoms with Crippen molar-refractivity contribution < 1.29 is 24.5 Å². The molecule has 0 unspecified atom stereocenters. The van der Waals surface area contributed by atoms with E-state index in [1.54, 1.807) is 23.9 Å². The van der Waals surface area contributed by atoms with Crippen LogP contribution >= 0.6 is 11.8 Å². The number of rotatable bonds is 9. The van der Waals surface area contributed by atoms with Crippen LogP contribution in [0.5, 0.6) is 0 Å². The Balaban J connectivity index is 1.35. The van der Waals surface area contributed by atoms with Crippen molar-refractivity contribution in [3.8, 4) is 11.1 Å². The molecule has 1 aliphatic rings. The molecule has 0 amide bonds. The van der Waals surface area contributed by atoms with Crippen LogP contribution in [-0.2, 0) is 22.6 Å². The normalized spacial score (nSPS) is 19.1. The molecule has 5 rings (SSSR count). The molecule has 3 atom stereocenters. The predicted molar refractivity (Wildman–Crippen MR) is 152 cm³/mol. The van der Waals surface area contributed by atoms with Crippen molar-refractivity contribution in [3.05, 3.63) is 125 Å². The Hall–Kier alpha value is -3.46. The third kappa shape index (κ3) is 6.58. The zero-order valence-electron chi connectivity index (χ0n) is 21.4. The van der Waals surface area contributed by atoms with Gasteiger partial charge in [0.15, 0.2) is 6.29 Å². The number of ether oxygens (including phenoxy) is 2. The molecule has 1 saturated heterocycles. The fraction of sp³-hybridized carbons (Fsp3) is 0.219. The van der Waals surface area contributed by atoms with Crippen LogP contribution in [0.25, 0.3) is 11.1 Å². The molecular formula is C32H31NO5S. The number of carboxylic acids is 1. The highest BCUT2D eigenvalue weighted by molar-refractivity contribution is 7.99. The Bertz CT molecular complexity index is 1390. The molecule has 6 nitrogen and oxygen atoms in total. The monoisotopic (exact) mass is 541 g/mol. The highest BCUT2D eigenvalue weighted by Crippen LogP contribution is 2.40. The van der Waals surface area contributed by atoms with Crippen molar-refractivity contribution in [3.63, 3.8) is 0 Å². The Morgan fingerprint density at radius 3 is 2.23 bits per heavy atom. The number of aliphatic hydroxyl groups is 1. The van der Waals surface area contributed by atoms with Crippen LogP contribution in [0.4, 0.5) is 0 Å². The summed E-state index contributed by atoms with van der Waals surface area (Å²) in [5.41, 5.74) is 12.3. The molecule has 4 aromatic carbocycles. The van der Waals surface area contributed by atoms with Gasteiger partial charge in [0.1, 0.15) is 0 Å². The zero-order valence-corrected chi connectivity index (χ0v) is 22.2. The van der Waals surface area contributed by atoms with Gasteiger partial charge in [0.05, 0.1) is 24.4 Å². The summed E-state index contributed by atoms with van der Waals surface area (Å²) in [4.78, 5) is 12.2. The Morgan fingerprint density at radius 1 is 0.872 bits per heavy atom. The first-order chi connectivity index (χ1) is 19.0. The zero-order chi connectivity index (χ0) is 27.2. The molecule has 7 heteroatoms. The third-order valence-corrected chi connectivity index (χ3v) is 8.03. The second-order valence-electron chi connectivity index (χ2n) is 9.47. The smallest absolute Gasteiger partial charge is 0.335 e. The van der Waals surface area contributed by atoms with Crippen LogP contribution in [-0.4, -0.2) is 28.0 Å². The van der Waals surface area contributed by atoms with E-state index in [0.29, 0.717) is 18.7 Å². The van der Waals surface area contributed by atoms with E-state index >= 15 is 0 Å². The highest BCUT2D eigenvalue weighted by Gasteiger charge is 2.32.